The molecule has 21 heavy (non-hydrogen) atoms. The van der Waals surface area contributed by atoms with Crippen LogP contribution in [0.1, 0.15) is 40.2 Å². The molecular formula is C16H25BN2O2. The summed E-state index contributed by atoms with van der Waals surface area (Å²) in [6.45, 7) is 11.3. The zero-order valence-corrected chi connectivity index (χ0v) is 13.9. The van der Waals surface area contributed by atoms with E-state index < -0.39 is 0 Å². The number of hydrogen-bond donors (Lipinski definition) is 0. The Morgan fingerprint density at radius 2 is 1.86 bits per heavy atom. The van der Waals surface area contributed by atoms with Crippen LogP contribution in [0.3, 0.4) is 0 Å². The summed E-state index contributed by atoms with van der Waals surface area (Å²) in [5, 5.41) is 0. The molecule has 0 bridgehead atoms. The maximum atomic E-state index is 5.95. The van der Waals surface area contributed by atoms with Gasteiger partial charge in [-0.2, -0.15) is 0 Å². The van der Waals surface area contributed by atoms with E-state index in [4.69, 9.17) is 9.31 Å². The van der Waals surface area contributed by atoms with Gasteiger partial charge in [0.05, 0.1) is 11.2 Å². The molecule has 1 aliphatic rings. The predicted molar refractivity (Wildman–Crippen MR) is 88.3 cm³/mol. The summed E-state index contributed by atoms with van der Waals surface area (Å²) in [5.74, 6) is 2.93. The van der Waals surface area contributed by atoms with E-state index in [1.807, 2.05) is 31.4 Å². The molecule has 4 nitrogen and oxygen atoms in total. The number of rotatable bonds is 4. The summed E-state index contributed by atoms with van der Waals surface area (Å²) >= 11 is 0. The van der Waals surface area contributed by atoms with Crippen molar-refractivity contribution in [2.75, 3.05) is 18.5 Å². The van der Waals surface area contributed by atoms with E-state index in [2.05, 4.69) is 50.6 Å². The molecule has 114 valence electrons. The Morgan fingerprint density at radius 3 is 2.43 bits per heavy atom. The van der Waals surface area contributed by atoms with Crippen LogP contribution in [0.15, 0.2) is 24.3 Å². The van der Waals surface area contributed by atoms with Crippen molar-refractivity contribution in [2.24, 2.45) is 0 Å². The highest BCUT2D eigenvalue weighted by molar-refractivity contribution is 6.52. The van der Waals surface area contributed by atoms with Crippen LogP contribution in [-0.2, 0) is 9.31 Å². The first-order chi connectivity index (χ1) is 9.75. The molecule has 2 heterocycles. The van der Waals surface area contributed by atoms with Crippen LogP contribution in [0, 0.1) is 0 Å². The standard InChI is InChI=1S/C16H25BN2O2/c1-7-19(6)14-12-13(9-11-18-14)8-10-17-20-15(2,3)16(4,5)21-17/h8-12H,7H2,1-6H3/b10-8+. The van der Waals surface area contributed by atoms with Gasteiger partial charge >= 0.3 is 7.12 Å². The van der Waals surface area contributed by atoms with Crippen LogP contribution in [0.5, 0.6) is 0 Å². The van der Waals surface area contributed by atoms with E-state index in [9.17, 15) is 0 Å². The minimum atomic E-state index is -0.310. The molecule has 2 rings (SSSR count). The third kappa shape index (κ3) is 3.47. The fraction of sp³-hybridized carbons (Fsp3) is 0.562. The average Bonchev–Trinajstić information content (AvgIpc) is 2.64. The molecule has 0 aliphatic carbocycles. The summed E-state index contributed by atoms with van der Waals surface area (Å²) in [7, 11) is 1.72. The SMILES string of the molecule is CCN(C)c1cc(/C=C/B2OC(C)(C)C(C)(C)O2)ccn1. The Bertz CT molecular complexity index is 513. The van der Waals surface area contributed by atoms with Crippen molar-refractivity contribution in [1.29, 1.82) is 0 Å². The largest absolute Gasteiger partial charge is 0.487 e. The minimum absolute atomic E-state index is 0.298. The van der Waals surface area contributed by atoms with Crippen LogP contribution >= 0.6 is 0 Å². The average molecular weight is 288 g/mol. The molecule has 1 aromatic heterocycles. The van der Waals surface area contributed by atoms with Crippen molar-refractivity contribution in [3.05, 3.63) is 29.9 Å². The maximum Gasteiger partial charge on any atom is 0.487 e. The molecule has 0 N–H and O–H groups in total. The highest BCUT2D eigenvalue weighted by atomic mass is 16.7. The van der Waals surface area contributed by atoms with Gasteiger partial charge in [-0.05, 0) is 52.3 Å². The number of nitrogens with zero attached hydrogens (tertiary/aromatic N) is 2. The topological polar surface area (TPSA) is 34.6 Å². The Balaban J connectivity index is 2.09. The second-order valence-corrected chi connectivity index (χ2v) is 6.45. The normalized spacial score (nSPS) is 20.2. The lowest BCUT2D eigenvalue weighted by atomic mass is 9.89. The Kier molecular flexibility index (Phi) is 4.44. The molecule has 1 saturated heterocycles. The lowest BCUT2D eigenvalue weighted by Crippen LogP contribution is -2.41. The summed E-state index contributed by atoms with van der Waals surface area (Å²) in [5.41, 5.74) is 0.497. The monoisotopic (exact) mass is 288 g/mol. The fourth-order valence-corrected chi connectivity index (χ4v) is 2.07. The summed E-state index contributed by atoms with van der Waals surface area (Å²) in [4.78, 5) is 6.47. The third-order valence-electron chi connectivity index (χ3n) is 4.35. The van der Waals surface area contributed by atoms with E-state index in [1.54, 1.807) is 0 Å². The number of aromatic nitrogens is 1. The number of anilines is 1. The van der Waals surface area contributed by atoms with Gasteiger partial charge in [0.25, 0.3) is 0 Å². The second kappa shape index (κ2) is 5.81. The quantitative estimate of drug-likeness (QED) is 0.797. The second-order valence-electron chi connectivity index (χ2n) is 6.45. The van der Waals surface area contributed by atoms with Crippen molar-refractivity contribution in [3.8, 4) is 0 Å². The van der Waals surface area contributed by atoms with Gasteiger partial charge < -0.3 is 14.2 Å². The van der Waals surface area contributed by atoms with Gasteiger partial charge in [-0.3, -0.25) is 0 Å². The lowest BCUT2D eigenvalue weighted by molar-refractivity contribution is 0.00578. The molecule has 0 spiro atoms. The highest BCUT2D eigenvalue weighted by Gasteiger charge is 2.49. The molecule has 0 saturated carbocycles. The predicted octanol–water partition coefficient (Wildman–Crippen LogP) is 3.18. The van der Waals surface area contributed by atoms with Gasteiger partial charge in [-0.25, -0.2) is 4.98 Å². The first-order valence-corrected chi connectivity index (χ1v) is 7.46. The van der Waals surface area contributed by atoms with E-state index in [1.165, 1.54) is 0 Å². The van der Waals surface area contributed by atoms with Crippen molar-refractivity contribution < 1.29 is 9.31 Å². The third-order valence-corrected chi connectivity index (χ3v) is 4.35. The van der Waals surface area contributed by atoms with Gasteiger partial charge in [0.15, 0.2) is 0 Å². The van der Waals surface area contributed by atoms with Gasteiger partial charge in [-0.1, -0.05) is 12.1 Å². The molecule has 5 heteroatoms. The van der Waals surface area contributed by atoms with E-state index in [0.717, 1.165) is 17.9 Å². The molecule has 0 aromatic carbocycles. The Labute approximate surface area is 128 Å². The highest BCUT2D eigenvalue weighted by Crippen LogP contribution is 2.37. The van der Waals surface area contributed by atoms with Crippen molar-refractivity contribution in [1.82, 2.24) is 4.98 Å². The summed E-state index contributed by atoms with van der Waals surface area (Å²) in [6.07, 6.45) is 3.85. The smallest absolute Gasteiger partial charge is 0.400 e. The molecule has 0 amide bonds. The van der Waals surface area contributed by atoms with Crippen LogP contribution < -0.4 is 4.90 Å². The van der Waals surface area contributed by atoms with Gasteiger partial charge in [-0.15, -0.1) is 0 Å². The van der Waals surface area contributed by atoms with Crippen LogP contribution in [0.25, 0.3) is 6.08 Å². The first-order valence-electron chi connectivity index (χ1n) is 7.46. The van der Waals surface area contributed by atoms with E-state index in [-0.39, 0.29) is 18.3 Å². The van der Waals surface area contributed by atoms with Crippen LogP contribution in [0.2, 0.25) is 0 Å². The molecular weight excluding hydrogens is 263 g/mol. The minimum Gasteiger partial charge on any atom is -0.400 e. The molecule has 0 atom stereocenters. The summed E-state index contributed by atoms with van der Waals surface area (Å²) < 4.78 is 11.9. The zero-order valence-electron chi connectivity index (χ0n) is 13.9. The van der Waals surface area contributed by atoms with Crippen molar-refractivity contribution in [2.45, 2.75) is 45.8 Å². The molecule has 0 unspecified atom stereocenters. The van der Waals surface area contributed by atoms with E-state index >= 15 is 0 Å². The molecule has 1 fully saturated rings. The Hall–Kier alpha value is -1.33. The van der Waals surface area contributed by atoms with E-state index in [0.29, 0.717) is 0 Å². The van der Waals surface area contributed by atoms with Gasteiger partial charge in [0.2, 0.25) is 0 Å². The van der Waals surface area contributed by atoms with Crippen LogP contribution in [0.4, 0.5) is 5.82 Å². The lowest BCUT2D eigenvalue weighted by Gasteiger charge is -2.32. The Morgan fingerprint density at radius 1 is 1.24 bits per heavy atom. The van der Waals surface area contributed by atoms with Crippen molar-refractivity contribution in [3.63, 3.8) is 0 Å². The van der Waals surface area contributed by atoms with Crippen LogP contribution in [-0.4, -0.2) is 36.9 Å². The van der Waals surface area contributed by atoms with Crippen molar-refractivity contribution >= 4 is 19.0 Å². The van der Waals surface area contributed by atoms with Gasteiger partial charge in [0.1, 0.15) is 5.82 Å². The number of hydrogen-bond acceptors (Lipinski definition) is 4. The van der Waals surface area contributed by atoms with Gasteiger partial charge in [0, 0.05) is 19.8 Å². The maximum absolute atomic E-state index is 5.95. The number of pyridine rings is 1. The first kappa shape index (κ1) is 16.1. The zero-order chi connectivity index (χ0) is 15.7. The molecule has 0 radical (unpaired) electrons. The molecule has 1 aromatic rings. The summed E-state index contributed by atoms with van der Waals surface area (Å²) in [6, 6.07) is 4.04. The fourth-order valence-electron chi connectivity index (χ4n) is 2.07. The molecule has 1 aliphatic heterocycles.